The van der Waals surface area contributed by atoms with Crippen molar-refractivity contribution in [1.82, 2.24) is 15.1 Å². The third-order valence-electron chi connectivity index (χ3n) is 4.08. The van der Waals surface area contributed by atoms with Gasteiger partial charge in [-0.2, -0.15) is 24.9 Å². The van der Waals surface area contributed by atoms with Crippen LogP contribution < -0.4 is 5.32 Å². The second-order valence-electron chi connectivity index (χ2n) is 5.78. The van der Waals surface area contributed by atoms with Gasteiger partial charge in [-0.3, -0.25) is 4.90 Å². The van der Waals surface area contributed by atoms with Crippen LogP contribution in [0.4, 0.5) is 22.4 Å². The molecule has 4 nitrogen and oxygen atoms in total. The number of carbonyl (C=O) groups is 1. The zero-order valence-electron chi connectivity index (χ0n) is 13.9. The number of benzene rings is 1. The molecule has 1 aromatic carbocycles. The zero-order valence-corrected chi connectivity index (χ0v) is 14.7. The van der Waals surface area contributed by atoms with Gasteiger partial charge in [0.15, 0.2) is 0 Å². The molecule has 1 aliphatic rings. The minimum absolute atomic E-state index is 0.0277. The highest BCUT2D eigenvalue weighted by atomic mass is 32.2. The molecular formula is C16H21F4N3OS. The highest BCUT2D eigenvalue weighted by molar-refractivity contribution is 7.98. The number of thioether (sulfide) groups is 1. The summed E-state index contributed by atoms with van der Waals surface area (Å²) < 4.78 is 51.3. The summed E-state index contributed by atoms with van der Waals surface area (Å²) in [6.07, 6.45) is -2.54. The molecule has 0 saturated carbocycles. The van der Waals surface area contributed by atoms with E-state index < -0.39 is 17.6 Å². The lowest BCUT2D eigenvalue weighted by Gasteiger charge is -2.34. The molecule has 0 unspecified atom stereocenters. The highest BCUT2D eigenvalue weighted by Crippen LogP contribution is 2.30. The van der Waals surface area contributed by atoms with E-state index in [1.54, 1.807) is 16.7 Å². The van der Waals surface area contributed by atoms with Crippen LogP contribution in [0.3, 0.4) is 0 Å². The third-order valence-corrected chi connectivity index (χ3v) is 4.67. The Morgan fingerprint density at radius 3 is 2.48 bits per heavy atom. The van der Waals surface area contributed by atoms with Crippen LogP contribution in [0.25, 0.3) is 0 Å². The summed E-state index contributed by atoms with van der Waals surface area (Å²) in [5.41, 5.74) is -1.01. The van der Waals surface area contributed by atoms with Crippen LogP contribution in [0.5, 0.6) is 0 Å². The number of nitrogens with one attached hydrogen (secondary N) is 1. The topological polar surface area (TPSA) is 35.6 Å². The fraction of sp³-hybridized carbons (Fsp3) is 0.562. The Bertz CT molecular complexity index is 589. The molecule has 0 spiro atoms. The molecule has 1 aromatic rings. The number of urea groups is 1. The lowest BCUT2D eigenvalue weighted by atomic mass is 10.1. The normalized spacial score (nSPS) is 16.1. The van der Waals surface area contributed by atoms with E-state index in [4.69, 9.17) is 0 Å². The Hall–Kier alpha value is -1.48. The summed E-state index contributed by atoms with van der Waals surface area (Å²) >= 11 is 1.77. The number of hydrogen-bond acceptors (Lipinski definition) is 3. The number of amides is 2. The van der Waals surface area contributed by atoms with E-state index in [1.807, 2.05) is 6.26 Å². The molecule has 0 atom stereocenters. The second-order valence-corrected chi connectivity index (χ2v) is 6.77. The van der Waals surface area contributed by atoms with Gasteiger partial charge in [-0.25, -0.2) is 9.18 Å². The van der Waals surface area contributed by atoms with Gasteiger partial charge >= 0.3 is 12.2 Å². The van der Waals surface area contributed by atoms with Crippen LogP contribution in [0.15, 0.2) is 18.2 Å². The van der Waals surface area contributed by atoms with Gasteiger partial charge in [0.1, 0.15) is 5.82 Å². The molecule has 1 aliphatic heterocycles. The van der Waals surface area contributed by atoms with Crippen molar-refractivity contribution in [2.24, 2.45) is 0 Å². The van der Waals surface area contributed by atoms with E-state index in [2.05, 4.69) is 10.2 Å². The number of carbonyl (C=O) groups excluding carboxylic acids is 1. The van der Waals surface area contributed by atoms with Gasteiger partial charge in [-0.05, 0) is 18.4 Å². The smallest absolute Gasteiger partial charge is 0.334 e. The molecule has 2 amide bonds. The lowest BCUT2D eigenvalue weighted by molar-refractivity contribution is -0.137. The minimum Gasteiger partial charge on any atom is -0.334 e. The molecule has 140 valence electrons. The summed E-state index contributed by atoms with van der Waals surface area (Å²) in [5.74, 6) is 0.0661. The maximum absolute atomic E-state index is 13.8. The maximum Gasteiger partial charge on any atom is 0.416 e. The first-order valence-corrected chi connectivity index (χ1v) is 9.30. The maximum atomic E-state index is 13.8. The molecule has 0 radical (unpaired) electrons. The molecule has 9 heteroatoms. The first-order valence-electron chi connectivity index (χ1n) is 7.91. The molecule has 1 N–H and O–H groups in total. The first-order chi connectivity index (χ1) is 11.8. The molecule has 1 heterocycles. The largest absolute Gasteiger partial charge is 0.416 e. The van der Waals surface area contributed by atoms with Crippen LogP contribution in [-0.4, -0.2) is 60.6 Å². The van der Waals surface area contributed by atoms with Crippen molar-refractivity contribution in [1.29, 1.82) is 0 Å². The number of halogens is 4. The van der Waals surface area contributed by atoms with Crippen LogP contribution in [-0.2, 0) is 12.7 Å². The van der Waals surface area contributed by atoms with Crippen molar-refractivity contribution in [3.8, 4) is 0 Å². The summed E-state index contributed by atoms with van der Waals surface area (Å²) in [4.78, 5) is 16.0. The van der Waals surface area contributed by atoms with E-state index in [-0.39, 0.29) is 18.1 Å². The van der Waals surface area contributed by atoms with E-state index in [0.717, 1.165) is 37.5 Å². The Labute approximate surface area is 148 Å². The minimum atomic E-state index is -4.58. The number of alkyl halides is 3. The average molecular weight is 379 g/mol. The van der Waals surface area contributed by atoms with Gasteiger partial charge in [0, 0.05) is 50.6 Å². The molecule has 2 rings (SSSR count). The molecule has 0 bridgehead atoms. The number of piperazine rings is 1. The van der Waals surface area contributed by atoms with Gasteiger partial charge in [0.2, 0.25) is 0 Å². The summed E-state index contributed by atoms with van der Waals surface area (Å²) in [6, 6.07) is 1.99. The predicted molar refractivity (Wildman–Crippen MR) is 90.0 cm³/mol. The van der Waals surface area contributed by atoms with Crippen molar-refractivity contribution >= 4 is 17.8 Å². The van der Waals surface area contributed by atoms with E-state index in [9.17, 15) is 22.4 Å². The summed E-state index contributed by atoms with van der Waals surface area (Å²) in [5, 5.41) is 2.57. The third kappa shape index (κ3) is 5.78. The van der Waals surface area contributed by atoms with E-state index >= 15 is 0 Å². The number of rotatable bonds is 5. The number of nitrogens with zero attached hydrogens (tertiary/aromatic N) is 2. The highest BCUT2D eigenvalue weighted by Gasteiger charge is 2.31. The predicted octanol–water partition coefficient (Wildman–Crippen LogP) is 3.03. The first kappa shape index (κ1) is 19.8. The molecular weight excluding hydrogens is 358 g/mol. The standard InChI is InChI=1S/C16H21F4N3OS/c1-25-9-8-22-4-6-23(7-5-22)15(24)21-11-12-2-3-13(10-14(12)17)16(18,19)20/h2-3,10H,4-9,11H2,1H3,(H,21,24). The van der Waals surface area contributed by atoms with Crippen molar-refractivity contribution < 1.29 is 22.4 Å². The van der Waals surface area contributed by atoms with Crippen molar-refractivity contribution in [2.45, 2.75) is 12.7 Å². The molecule has 1 saturated heterocycles. The van der Waals surface area contributed by atoms with Gasteiger partial charge < -0.3 is 10.2 Å². The van der Waals surface area contributed by atoms with Crippen LogP contribution in [0.1, 0.15) is 11.1 Å². The Morgan fingerprint density at radius 1 is 1.24 bits per heavy atom. The van der Waals surface area contributed by atoms with E-state index in [1.165, 1.54) is 0 Å². The fourth-order valence-corrected chi connectivity index (χ4v) is 2.99. The monoisotopic (exact) mass is 379 g/mol. The summed E-state index contributed by atoms with van der Waals surface area (Å²) in [7, 11) is 0. The Morgan fingerprint density at radius 2 is 1.92 bits per heavy atom. The lowest BCUT2D eigenvalue weighted by Crippen LogP contribution is -2.52. The van der Waals surface area contributed by atoms with Gasteiger partial charge in [-0.1, -0.05) is 6.07 Å². The van der Waals surface area contributed by atoms with Crippen molar-refractivity contribution in [3.63, 3.8) is 0 Å². The van der Waals surface area contributed by atoms with Gasteiger partial charge in [0.25, 0.3) is 0 Å². The fourth-order valence-electron chi connectivity index (χ4n) is 2.54. The molecule has 25 heavy (non-hydrogen) atoms. The van der Waals surface area contributed by atoms with E-state index in [0.29, 0.717) is 19.2 Å². The van der Waals surface area contributed by atoms with Gasteiger partial charge in [0.05, 0.1) is 5.56 Å². The molecule has 1 fully saturated rings. The quantitative estimate of drug-likeness (QED) is 0.799. The molecule has 0 aromatic heterocycles. The Balaban J connectivity index is 1.83. The average Bonchev–Trinajstić information content (AvgIpc) is 2.58. The van der Waals surface area contributed by atoms with Crippen LogP contribution in [0.2, 0.25) is 0 Å². The van der Waals surface area contributed by atoms with Gasteiger partial charge in [-0.15, -0.1) is 0 Å². The Kier molecular flexibility index (Phi) is 6.95. The van der Waals surface area contributed by atoms with Crippen molar-refractivity contribution in [3.05, 3.63) is 35.1 Å². The van der Waals surface area contributed by atoms with Crippen LogP contribution in [0, 0.1) is 5.82 Å². The molecule has 0 aliphatic carbocycles. The SMILES string of the molecule is CSCCN1CCN(C(=O)NCc2ccc(C(F)(F)F)cc2F)CC1. The van der Waals surface area contributed by atoms with Crippen LogP contribution >= 0.6 is 11.8 Å². The second kappa shape index (κ2) is 8.75. The zero-order chi connectivity index (χ0) is 18.4. The number of hydrogen-bond donors (Lipinski definition) is 1. The van der Waals surface area contributed by atoms with Crippen molar-refractivity contribution in [2.75, 3.05) is 44.7 Å². The summed E-state index contributed by atoms with van der Waals surface area (Å²) in [6.45, 7) is 3.56.